The number of aryl methyl sites for hydroxylation is 1. The fraction of sp³-hybridized carbons (Fsp3) is 0.500. The number of anilines is 1. The molecule has 0 saturated heterocycles. The maximum atomic E-state index is 11.6. The van der Waals surface area contributed by atoms with Crippen molar-refractivity contribution in [3.63, 3.8) is 0 Å². The van der Waals surface area contributed by atoms with Gasteiger partial charge in [-0.25, -0.2) is 0 Å². The highest BCUT2D eigenvalue weighted by Crippen LogP contribution is 2.08. The van der Waals surface area contributed by atoms with Gasteiger partial charge in [0.05, 0.1) is 0 Å². The Morgan fingerprint density at radius 3 is 2.84 bits per heavy atom. The van der Waals surface area contributed by atoms with Crippen LogP contribution < -0.4 is 11.1 Å². The average Bonchev–Trinajstić information content (AvgIpc) is 2.36. The van der Waals surface area contributed by atoms with Crippen LogP contribution in [-0.2, 0) is 22.0 Å². The van der Waals surface area contributed by atoms with E-state index in [0.29, 0.717) is 19.4 Å². The molecule has 0 heterocycles. The quantitative estimate of drug-likeness (QED) is 0.744. The third-order valence-electron chi connectivity index (χ3n) is 3.03. The lowest BCUT2D eigenvalue weighted by Crippen LogP contribution is -2.27. The zero-order valence-corrected chi connectivity index (χ0v) is 12.3. The number of amides is 1. The SMILES string of the molecule is CC(CCNC(=O)CCc1cccc(N)c1)S(C)=O. The Morgan fingerprint density at radius 1 is 1.47 bits per heavy atom. The van der Waals surface area contributed by atoms with Gasteiger partial charge in [0.1, 0.15) is 0 Å². The molecule has 1 rings (SSSR count). The van der Waals surface area contributed by atoms with Crippen molar-refractivity contribution in [3.05, 3.63) is 29.8 Å². The smallest absolute Gasteiger partial charge is 0.220 e. The first-order valence-electron chi connectivity index (χ1n) is 6.42. The van der Waals surface area contributed by atoms with E-state index in [1.54, 1.807) is 6.26 Å². The molecule has 1 aromatic carbocycles. The molecule has 106 valence electrons. The van der Waals surface area contributed by atoms with Crippen molar-refractivity contribution in [2.75, 3.05) is 18.5 Å². The van der Waals surface area contributed by atoms with Crippen molar-refractivity contribution < 1.29 is 9.00 Å². The van der Waals surface area contributed by atoms with Gasteiger partial charge in [-0.1, -0.05) is 19.1 Å². The van der Waals surface area contributed by atoms with Crippen LogP contribution in [0.25, 0.3) is 0 Å². The van der Waals surface area contributed by atoms with E-state index >= 15 is 0 Å². The molecule has 0 spiro atoms. The molecule has 0 bridgehead atoms. The van der Waals surface area contributed by atoms with Gasteiger partial charge >= 0.3 is 0 Å². The predicted octanol–water partition coefficient (Wildman–Crippen LogP) is 1.47. The first-order chi connectivity index (χ1) is 8.99. The Hall–Kier alpha value is -1.36. The largest absolute Gasteiger partial charge is 0.399 e. The summed E-state index contributed by atoms with van der Waals surface area (Å²) in [6.45, 7) is 2.51. The van der Waals surface area contributed by atoms with Gasteiger partial charge in [-0.3, -0.25) is 9.00 Å². The van der Waals surface area contributed by atoms with Gasteiger partial charge < -0.3 is 11.1 Å². The summed E-state index contributed by atoms with van der Waals surface area (Å²) in [5.74, 6) is 0.0245. The molecule has 0 fully saturated rings. The van der Waals surface area contributed by atoms with Crippen LogP contribution in [0.4, 0.5) is 5.69 Å². The molecule has 0 radical (unpaired) electrons. The number of nitrogens with two attached hydrogens (primary N) is 1. The standard InChI is InChI=1S/C14H22N2O2S/c1-11(19(2)18)8-9-16-14(17)7-6-12-4-3-5-13(15)10-12/h3-5,10-11H,6-9,15H2,1-2H3,(H,16,17). The number of hydrogen-bond donors (Lipinski definition) is 2. The topological polar surface area (TPSA) is 72.2 Å². The molecule has 0 aromatic heterocycles. The molecule has 5 heteroatoms. The summed E-state index contributed by atoms with van der Waals surface area (Å²) in [7, 11) is -0.826. The third-order valence-corrected chi connectivity index (χ3v) is 4.40. The van der Waals surface area contributed by atoms with Gasteiger partial charge in [0, 0.05) is 41.0 Å². The summed E-state index contributed by atoms with van der Waals surface area (Å²) in [5.41, 5.74) is 7.46. The summed E-state index contributed by atoms with van der Waals surface area (Å²) in [5, 5.41) is 2.97. The minimum Gasteiger partial charge on any atom is -0.399 e. The van der Waals surface area contributed by atoms with Crippen LogP contribution in [0.2, 0.25) is 0 Å². The fourth-order valence-electron chi connectivity index (χ4n) is 1.68. The number of hydrogen-bond acceptors (Lipinski definition) is 3. The van der Waals surface area contributed by atoms with Crippen LogP contribution in [0.3, 0.4) is 0 Å². The van der Waals surface area contributed by atoms with E-state index in [9.17, 15) is 9.00 Å². The lowest BCUT2D eigenvalue weighted by atomic mass is 10.1. The summed E-state index contributed by atoms with van der Waals surface area (Å²) in [4.78, 5) is 11.6. The molecule has 1 aromatic rings. The predicted molar refractivity (Wildman–Crippen MR) is 80.3 cm³/mol. The number of carbonyl (C=O) groups is 1. The van der Waals surface area contributed by atoms with Crippen LogP contribution >= 0.6 is 0 Å². The highest BCUT2D eigenvalue weighted by Gasteiger charge is 2.07. The monoisotopic (exact) mass is 282 g/mol. The zero-order valence-electron chi connectivity index (χ0n) is 11.5. The maximum absolute atomic E-state index is 11.6. The minimum atomic E-state index is -0.826. The normalized spacial score (nSPS) is 13.8. The van der Waals surface area contributed by atoms with Gasteiger partial charge in [0.2, 0.25) is 5.91 Å². The van der Waals surface area contributed by atoms with Crippen LogP contribution in [0.1, 0.15) is 25.3 Å². The number of benzene rings is 1. The van der Waals surface area contributed by atoms with Gasteiger partial charge in [-0.15, -0.1) is 0 Å². The van der Waals surface area contributed by atoms with E-state index in [1.807, 2.05) is 31.2 Å². The average molecular weight is 282 g/mol. The third kappa shape index (κ3) is 6.38. The summed E-state index contributed by atoms with van der Waals surface area (Å²) >= 11 is 0. The molecular formula is C14H22N2O2S. The number of rotatable bonds is 7. The lowest BCUT2D eigenvalue weighted by Gasteiger charge is -2.09. The van der Waals surface area contributed by atoms with Crippen LogP contribution in [-0.4, -0.2) is 28.2 Å². The van der Waals surface area contributed by atoms with E-state index in [0.717, 1.165) is 17.7 Å². The minimum absolute atomic E-state index is 0.0245. The highest BCUT2D eigenvalue weighted by molar-refractivity contribution is 7.84. The maximum Gasteiger partial charge on any atom is 0.220 e. The summed E-state index contributed by atoms with van der Waals surface area (Å²) in [6.07, 6.45) is 3.57. The van der Waals surface area contributed by atoms with E-state index in [1.165, 1.54) is 0 Å². The second-order valence-electron chi connectivity index (χ2n) is 4.69. The van der Waals surface area contributed by atoms with Crippen LogP contribution in [0.15, 0.2) is 24.3 Å². The molecule has 2 unspecified atom stereocenters. The van der Waals surface area contributed by atoms with Crippen molar-refractivity contribution in [1.82, 2.24) is 5.32 Å². The van der Waals surface area contributed by atoms with Gasteiger partial charge in [0.15, 0.2) is 0 Å². The van der Waals surface area contributed by atoms with E-state index < -0.39 is 10.8 Å². The Bertz CT molecular complexity index is 449. The fourth-order valence-corrected chi connectivity index (χ4v) is 2.13. The first-order valence-corrected chi connectivity index (χ1v) is 8.04. The first kappa shape index (κ1) is 15.7. The van der Waals surface area contributed by atoms with Crippen LogP contribution in [0.5, 0.6) is 0 Å². The van der Waals surface area contributed by atoms with E-state index in [-0.39, 0.29) is 11.2 Å². The molecule has 2 atom stereocenters. The Morgan fingerprint density at radius 2 is 2.21 bits per heavy atom. The molecule has 3 N–H and O–H groups in total. The molecule has 19 heavy (non-hydrogen) atoms. The molecule has 0 aliphatic carbocycles. The Kier molecular flexibility index (Phi) is 6.56. The molecular weight excluding hydrogens is 260 g/mol. The van der Waals surface area contributed by atoms with E-state index in [4.69, 9.17) is 5.73 Å². The van der Waals surface area contributed by atoms with Crippen molar-refractivity contribution in [1.29, 1.82) is 0 Å². The van der Waals surface area contributed by atoms with Gasteiger partial charge in [0.25, 0.3) is 0 Å². The number of nitrogens with one attached hydrogen (secondary N) is 1. The van der Waals surface area contributed by atoms with Crippen molar-refractivity contribution in [2.45, 2.75) is 31.4 Å². The molecule has 0 aliphatic heterocycles. The Labute approximate surface area is 117 Å². The van der Waals surface area contributed by atoms with Crippen LogP contribution in [0, 0.1) is 0 Å². The molecule has 1 amide bonds. The van der Waals surface area contributed by atoms with Gasteiger partial charge in [-0.2, -0.15) is 0 Å². The summed E-state index contributed by atoms with van der Waals surface area (Å²) < 4.78 is 11.1. The summed E-state index contributed by atoms with van der Waals surface area (Å²) in [6, 6.07) is 7.57. The van der Waals surface area contributed by atoms with Crippen molar-refractivity contribution >= 4 is 22.4 Å². The second kappa shape index (κ2) is 7.94. The highest BCUT2D eigenvalue weighted by atomic mass is 32.2. The van der Waals surface area contributed by atoms with Gasteiger partial charge in [-0.05, 0) is 30.5 Å². The zero-order chi connectivity index (χ0) is 14.3. The Balaban J connectivity index is 2.23. The van der Waals surface area contributed by atoms with Crippen molar-refractivity contribution in [2.24, 2.45) is 0 Å². The second-order valence-corrected chi connectivity index (χ2v) is 6.49. The lowest BCUT2D eigenvalue weighted by molar-refractivity contribution is -0.121. The number of nitrogen functional groups attached to an aromatic ring is 1. The molecule has 4 nitrogen and oxygen atoms in total. The molecule has 0 aliphatic rings. The molecule has 0 saturated carbocycles. The number of carbonyl (C=O) groups excluding carboxylic acids is 1. The van der Waals surface area contributed by atoms with Crippen molar-refractivity contribution in [3.8, 4) is 0 Å². The van der Waals surface area contributed by atoms with E-state index in [2.05, 4.69) is 5.32 Å².